The third-order valence-corrected chi connectivity index (χ3v) is 2.84. The molecule has 2 aromatic rings. The highest BCUT2D eigenvalue weighted by Gasteiger charge is 2.13. The van der Waals surface area contributed by atoms with Crippen LogP contribution >= 0.6 is 0 Å². The molecule has 7 heteroatoms. The number of halogens is 1. The molecule has 21 heavy (non-hydrogen) atoms. The molecule has 0 saturated carbocycles. The molecule has 1 N–H and O–H groups in total. The van der Waals surface area contributed by atoms with E-state index in [4.69, 9.17) is 4.74 Å². The van der Waals surface area contributed by atoms with Crippen LogP contribution in [0.1, 0.15) is 25.1 Å². The zero-order valence-electron chi connectivity index (χ0n) is 11.2. The van der Waals surface area contributed by atoms with Crippen molar-refractivity contribution < 1.29 is 19.2 Å². The van der Waals surface area contributed by atoms with Crippen molar-refractivity contribution in [1.82, 2.24) is 4.98 Å². The lowest BCUT2D eigenvalue weighted by molar-refractivity contribution is -0.385. The number of nitrogens with zero attached hydrogens (tertiary/aromatic N) is 2. The first-order valence-electron chi connectivity index (χ1n) is 6.27. The number of nitro groups is 1. The average molecular weight is 292 g/mol. The Bertz CT molecular complexity index is 646. The highest BCUT2D eigenvalue weighted by Crippen LogP contribution is 2.27. The lowest BCUT2D eigenvalue weighted by Gasteiger charge is -2.09. The van der Waals surface area contributed by atoms with E-state index in [1.54, 1.807) is 12.1 Å². The predicted octanol–water partition coefficient (Wildman–Crippen LogP) is 3.36. The first-order valence-corrected chi connectivity index (χ1v) is 6.27. The van der Waals surface area contributed by atoms with Gasteiger partial charge in [0, 0.05) is 6.07 Å². The fourth-order valence-corrected chi connectivity index (χ4v) is 1.67. The summed E-state index contributed by atoms with van der Waals surface area (Å²) in [7, 11) is 0. The highest BCUT2D eigenvalue weighted by atomic mass is 19.1. The lowest BCUT2D eigenvalue weighted by Crippen LogP contribution is -1.98. The van der Waals surface area contributed by atoms with E-state index in [1.165, 1.54) is 12.3 Å². The average Bonchev–Trinajstić information content (AvgIpc) is 2.49. The Morgan fingerprint density at radius 2 is 2.19 bits per heavy atom. The molecule has 1 aromatic heterocycles. The van der Waals surface area contributed by atoms with Gasteiger partial charge in [0.2, 0.25) is 0 Å². The second kappa shape index (κ2) is 6.27. The molecular formula is C14H13FN2O4. The number of rotatable bonds is 5. The number of hydrogen-bond acceptors (Lipinski definition) is 5. The highest BCUT2D eigenvalue weighted by molar-refractivity contribution is 5.39. The van der Waals surface area contributed by atoms with Crippen LogP contribution in [0.4, 0.5) is 10.1 Å². The first kappa shape index (κ1) is 14.9. The summed E-state index contributed by atoms with van der Waals surface area (Å²) < 4.78 is 18.9. The van der Waals surface area contributed by atoms with Crippen LogP contribution in [0.25, 0.3) is 0 Å². The minimum atomic E-state index is -0.832. The number of aliphatic hydroxyl groups is 1. The van der Waals surface area contributed by atoms with Crippen molar-refractivity contribution in [1.29, 1.82) is 0 Å². The van der Waals surface area contributed by atoms with Crippen molar-refractivity contribution in [3.05, 3.63) is 58.2 Å². The van der Waals surface area contributed by atoms with E-state index in [1.807, 2.05) is 6.92 Å². The smallest absolute Gasteiger partial charge is 0.272 e. The first-order chi connectivity index (χ1) is 10.0. The number of nitro benzene ring substituents is 1. The van der Waals surface area contributed by atoms with Crippen LogP contribution in [0.15, 0.2) is 36.5 Å². The van der Waals surface area contributed by atoms with E-state index < -0.39 is 16.8 Å². The molecule has 2 rings (SSSR count). The van der Waals surface area contributed by atoms with Gasteiger partial charge in [-0.05, 0) is 24.6 Å². The molecule has 0 radical (unpaired) electrons. The summed E-state index contributed by atoms with van der Waals surface area (Å²) in [4.78, 5) is 13.8. The van der Waals surface area contributed by atoms with Gasteiger partial charge >= 0.3 is 0 Å². The van der Waals surface area contributed by atoms with E-state index in [2.05, 4.69) is 4.98 Å². The summed E-state index contributed by atoms with van der Waals surface area (Å²) in [5.41, 5.74) is 0.147. The maximum Gasteiger partial charge on any atom is 0.272 e. The molecule has 110 valence electrons. The van der Waals surface area contributed by atoms with Crippen LogP contribution in [-0.2, 0) is 0 Å². The Labute approximate surface area is 120 Å². The van der Waals surface area contributed by atoms with Gasteiger partial charge < -0.3 is 9.84 Å². The zero-order valence-corrected chi connectivity index (χ0v) is 11.2. The van der Waals surface area contributed by atoms with Crippen molar-refractivity contribution in [2.24, 2.45) is 0 Å². The second-order valence-electron chi connectivity index (χ2n) is 4.32. The summed E-state index contributed by atoms with van der Waals surface area (Å²) in [6.07, 6.45) is 1.23. The number of aromatic nitrogens is 1. The maximum absolute atomic E-state index is 13.7. The fourth-order valence-electron chi connectivity index (χ4n) is 1.67. The largest absolute Gasteiger partial charge is 0.453 e. The van der Waals surface area contributed by atoms with Crippen molar-refractivity contribution in [3.8, 4) is 11.5 Å². The van der Waals surface area contributed by atoms with E-state index in [-0.39, 0.29) is 17.2 Å². The summed E-state index contributed by atoms with van der Waals surface area (Å²) in [6, 6.07) is 6.25. The van der Waals surface area contributed by atoms with Crippen molar-refractivity contribution >= 4 is 5.69 Å². The van der Waals surface area contributed by atoms with Crippen molar-refractivity contribution in [2.75, 3.05) is 0 Å². The van der Waals surface area contributed by atoms with Crippen molar-refractivity contribution in [2.45, 2.75) is 19.4 Å². The molecule has 0 spiro atoms. The summed E-state index contributed by atoms with van der Waals surface area (Å²) in [5.74, 6) is -0.692. The number of ether oxygens (including phenoxy) is 1. The molecule has 1 aromatic carbocycles. The van der Waals surface area contributed by atoms with Gasteiger partial charge in [-0.1, -0.05) is 6.92 Å². The van der Waals surface area contributed by atoms with Crippen LogP contribution in [0.3, 0.4) is 0 Å². The van der Waals surface area contributed by atoms with Gasteiger partial charge in [-0.25, -0.2) is 4.39 Å². The van der Waals surface area contributed by atoms with Gasteiger partial charge in [0.1, 0.15) is 5.75 Å². The molecule has 1 atom stereocenters. The van der Waals surface area contributed by atoms with Gasteiger partial charge in [0.05, 0.1) is 29.0 Å². The molecule has 1 heterocycles. The van der Waals surface area contributed by atoms with E-state index in [0.717, 1.165) is 12.1 Å². The quantitative estimate of drug-likeness (QED) is 0.674. The standard InChI is InChI=1S/C14H13FN2O4/c1-2-13(18)12-5-4-10(8-16-12)21-14-6-3-9(17(19)20)7-11(14)15/h3-8,13,18H,2H2,1H3/t13-/m1/s1. The van der Waals surface area contributed by atoms with Crippen molar-refractivity contribution in [3.63, 3.8) is 0 Å². The SMILES string of the molecule is CC[C@@H](O)c1ccc(Oc2ccc([N+](=O)[O-])cc2F)cn1. The molecule has 0 amide bonds. The molecule has 6 nitrogen and oxygen atoms in total. The summed E-state index contributed by atoms with van der Waals surface area (Å²) in [6.45, 7) is 1.82. The second-order valence-corrected chi connectivity index (χ2v) is 4.32. The van der Waals surface area contributed by atoms with E-state index in [0.29, 0.717) is 12.1 Å². The van der Waals surface area contributed by atoms with Gasteiger partial charge in [-0.2, -0.15) is 0 Å². The molecule has 0 unspecified atom stereocenters. The van der Waals surface area contributed by atoms with Gasteiger partial charge in [-0.15, -0.1) is 0 Å². The maximum atomic E-state index is 13.7. The monoisotopic (exact) mass is 292 g/mol. The molecule has 0 bridgehead atoms. The number of pyridine rings is 1. The molecule has 0 fully saturated rings. The van der Waals surface area contributed by atoms with Gasteiger partial charge in [-0.3, -0.25) is 15.1 Å². The summed E-state index contributed by atoms with van der Waals surface area (Å²) >= 11 is 0. The molecule has 0 saturated heterocycles. The molecule has 0 aliphatic rings. The molecular weight excluding hydrogens is 279 g/mol. The van der Waals surface area contributed by atoms with Crippen LogP contribution in [-0.4, -0.2) is 15.0 Å². The third-order valence-electron chi connectivity index (χ3n) is 2.84. The fraction of sp³-hybridized carbons (Fsp3) is 0.214. The van der Waals surface area contributed by atoms with Crippen LogP contribution in [0.5, 0.6) is 11.5 Å². The number of aliphatic hydroxyl groups excluding tert-OH is 1. The Hall–Kier alpha value is -2.54. The third kappa shape index (κ3) is 3.51. The Balaban J connectivity index is 2.16. The van der Waals surface area contributed by atoms with Gasteiger partial charge in [0.25, 0.3) is 5.69 Å². The normalized spacial score (nSPS) is 12.0. The van der Waals surface area contributed by atoms with Gasteiger partial charge in [0.15, 0.2) is 11.6 Å². The zero-order chi connectivity index (χ0) is 15.4. The summed E-state index contributed by atoms with van der Waals surface area (Å²) in [5, 5.41) is 20.1. The van der Waals surface area contributed by atoms with Crippen LogP contribution < -0.4 is 4.74 Å². The molecule has 0 aliphatic heterocycles. The Morgan fingerprint density at radius 1 is 1.43 bits per heavy atom. The number of benzene rings is 1. The number of non-ortho nitro benzene ring substituents is 1. The van der Waals surface area contributed by atoms with E-state index >= 15 is 0 Å². The topological polar surface area (TPSA) is 85.5 Å². The van der Waals surface area contributed by atoms with Crippen LogP contribution in [0.2, 0.25) is 0 Å². The molecule has 0 aliphatic carbocycles. The minimum absolute atomic E-state index is 0.133. The minimum Gasteiger partial charge on any atom is -0.453 e. The lowest BCUT2D eigenvalue weighted by atomic mass is 10.2. The Kier molecular flexibility index (Phi) is 4.44. The Morgan fingerprint density at radius 3 is 2.71 bits per heavy atom. The van der Waals surface area contributed by atoms with E-state index in [9.17, 15) is 19.6 Å². The van der Waals surface area contributed by atoms with Crippen LogP contribution in [0, 0.1) is 15.9 Å². The predicted molar refractivity (Wildman–Crippen MR) is 72.6 cm³/mol. The number of hydrogen-bond donors (Lipinski definition) is 1.